The molecule has 9 saturated heterocycles. The largest absolute Gasteiger partial charge is 0.477 e. The van der Waals surface area contributed by atoms with E-state index in [4.69, 9.17) is 80.5 Å². The number of amides is 4. The minimum Gasteiger partial charge on any atom is -0.477 e. The van der Waals surface area contributed by atoms with Crippen molar-refractivity contribution in [1.29, 1.82) is 0 Å². The van der Waals surface area contributed by atoms with Crippen LogP contribution in [0.2, 0.25) is 0 Å². The Bertz CT molecular complexity index is 3210. The van der Waals surface area contributed by atoms with E-state index in [1.54, 1.807) is 0 Å². The fraction of sp³-hybridized carbons (Fsp3) is 0.923. The number of carbonyl (C=O) groups is 5. The molecule has 9 aliphatic heterocycles. The summed E-state index contributed by atoms with van der Waals surface area (Å²) in [6.45, 7) is -6.54. The molecule has 9 heterocycles. The van der Waals surface area contributed by atoms with Gasteiger partial charge < -0.3 is 240 Å². The van der Waals surface area contributed by atoms with Gasteiger partial charge >= 0.3 is 5.97 Å². The molecule has 46 atom stereocenters. The highest BCUT2D eigenvalue weighted by Gasteiger charge is 2.62. The minimum absolute atomic E-state index is 0.839. The zero-order valence-electron chi connectivity index (χ0n) is 63.1. The van der Waals surface area contributed by atoms with Gasteiger partial charge in [-0.15, -0.1) is 0 Å². The van der Waals surface area contributed by atoms with Gasteiger partial charge in [0.2, 0.25) is 23.6 Å². The molecule has 17 unspecified atom stereocenters. The third-order valence-electron chi connectivity index (χ3n) is 21.3. The molecule has 0 aliphatic carbocycles. The third-order valence-corrected chi connectivity index (χ3v) is 21.3. The molecule has 0 aromatic heterocycles. The van der Waals surface area contributed by atoms with Gasteiger partial charge in [-0.05, 0) is 0 Å². The van der Waals surface area contributed by atoms with Crippen LogP contribution in [0, 0.1) is 0 Å². The molecule has 0 aromatic carbocycles. The molecule has 53 nitrogen and oxygen atoms in total. The third kappa shape index (κ3) is 21.4. The van der Waals surface area contributed by atoms with Crippen LogP contribution in [0.1, 0.15) is 34.1 Å². The van der Waals surface area contributed by atoms with Crippen molar-refractivity contribution in [2.45, 2.75) is 316 Å². The molecule has 9 fully saturated rings. The van der Waals surface area contributed by atoms with Crippen LogP contribution in [0.25, 0.3) is 0 Å². The minimum atomic E-state index is -3.08. The average Bonchev–Trinajstić information content (AvgIpc) is 0.769. The number of carboxylic acid groups (broad SMARTS) is 1. The fourth-order valence-corrected chi connectivity index (χ4v) is 15.0. The first kappa shape index (κ1) is 97.4. The standard InChI is InChI=1S/C65H108N4O49/c1-15(77)66-29-19(81)5-65(64(100)101,118-52(29)33(83)20(82)6-70)103-14-28-37(87)43(93)47(97)60(111-28)113-51-26(12-76)109-58(32(41(51)91)69-18(4)80)117-55-45(95)36(86)23(9-73)107-63(55)115-53-38(88)27(110-61(48(53)98)114-49-24(10-74)104-56(99)30(39(49)89)67-16(2)78)13-102-62-54(44(94)35(85)22(8-72)106-62)116-57-31(68-17(3)79)40(90)50(25(11-75)108-57)112-59-46(96)42(92)34(84)21(7-71)105-59/h19-63,70-76,81-99H,5-14H2,1-4H3,(H,66,77)(H,67,78)(H,68,79)(H,69,80)(H,100,101)/t19-,20-,21?,22?,23+,24?,25?,26?,27?,28?,29-,30?,31?,32?,33-,34+,35-,36-,37+,38-,39-,40-,41-,42+,43+,44+,45?,46?,47?,48?,49-,50-,51-,52?,53+,54?,55?,56-,57+,58+,59+,60+,61+,62+,63-,65-/m1/s1. The lowest BCUT2D eigenvalue weighted by molar-refractivity contribution is -0.398. The second kappa shape index (κ2) is 42.1. The van der Waals surface area contributed by atoms with Gasteiger partial charge in [0.25, 0.3) is 5.79 Å². The number of hydrogen-bond donors (Lipinski definition) is 31. The summed E-state index contributed by atoms with van der Waals surface area (Å²) < 4.78 is 99.8. The molecule has 9 aliphatic rings. The zero-order valence-corrected chi connectivity index (χ0v) is 63.1. The van der Waals surface area contributed by atoms with E-state index >= 15 is 0 Å². The summed E-state index contributed by atoms with van der Waals surface area (Å²) in [5.41, 5.74) is 0. The highest BCUT2D eigenvalue weighted by Crippen LogP contribution is 2.41. The molecular formula is C65H108N4O49. The van der Waals surface area contributed by atoms with E-state index in [2.05, 4.69) is 21.3 Å². The van der Waals surface area contributed by atoms with Crippen LogP contribution in [-0.2, 0) is 104 Å². The van der Waals surface area contributed by atoms with Crippen LogP contribution >= 0.6 is 0 Å². The number of carbonyl (C=O) groups excluding carboxylic acids is 4. The summed E-state index contributed by atoms with van der Waals surface area (Å²) in [7, 11) is 0. The molecule has 0 aromatic rings. The molecule has 0 spiro atoms. The van der Waals surface area contributed by atoms with Crippen molar-refractivity contribution in [3.8, 4) is 0 Å². The van der Waals surface area contributed by atoms with E-state index in [9.17, 15) is 162 Å². The zero-order chi connectivity index (χ0) is 87.3. The number of aliphatic hydroxyl groups is 26. The molecule has 682 valence electrons. The van der Waals surface area contributed by atoms with E-state index in [1.165, 1.54) is 0 Å². The Labute approximate surface area is 666 Å². The van der Waals surface area contributed by atoms with Gasteiger partial charge in [-0.3, -0.25) is 19.2 Å². The highest BCUT2D eigenvalue weighted by atomic mass is 16.8. The molecule has 4 amide bonds. The Balaban J connectivity index is 0.993. The molecule has 0 saturated carbocycles. The van der Waals surface area contributed by atoms with Crippen molar-refractivity contribution >= 4 is 29.6 Å². The maximum Gasteiger partial charge on any atom is 0.364 e. The van der Waals surface area contributed by atoms with Gasteiger partial charge in [0, 0.05) is 34.1 Å². The molecule has 0 bridgehead atoms. The van der Waals surface area contributed by atoms with E-state index < -0.39 is 377 Å². The number of ether oxygens (including phenoxy) is 17. The maximum absolute atomic E-state index is 13.1. The molecule has 9 rings (SSSR count). The van der Waals surface area contributed by atoms with Crippen molar-refractivity contribution in [3.63, 3.8) is 0 Å². The van der Waals surface area contributed by atoms with Crippen LogP contribution < -0.4 is 21.3 Å². The Morgan fingerprint density at radius 2 is 0.686 bits per heavy atom. The van der Waals surface area contributed by atoms with Crippen molar-refractivity contribution in [2.24, 2.45) is 0 Å². The van der Waals surface area contributed by atoms with Gasteiger partial charge in [-0.25, -0.2) is 4.79 Å². The first-order chi connectivity index (χ1) is 55.6. The Morgan fingerprint density at radius 3 is 1.12 bits per heavy atom. The summed E-state index contributed by atoms with van der Waals surface area (Å²) in [5.74, 6) is -8.79. The van der Waals surface area contributed by atoms with Crippen LogP contribution in [0.5, 0.6) is 0 Å². The second-order valence-electron chi connectivity index (χ2n) is 29.6. The van der Waals surface area contributed by atoms with E-state index in [1.807, 2.05) is 0 Å². The SMILES string of the molecule is CC(=O)NC1[C@H](OC2C(O)[C@H](O)[C@H](CO)O[C@@H]2O[C@@H]2C(O)[C@H](O[C@@H]3C(CO)O[C@@H](O)C(NC(C)=O)[C@H]3O)OC(CO[C@H]3OC(CO)[C@@H](O)[C@H](O)C3O[C@@H]3OC(CO)[C@@H](O[C@@H]4OC(CO)[C@H](O)[C@H](O)C4O)[C@H](O)C3NC(C)=O)[C@H]2O)OC(CO)[C@@H](O[C@@H]2OC(CO[C@]3(C(=O)O)C[C@@H](O)[C@@H](NC(C)=O)C([C@H](O)[C@H](O)CO)O3)[C@H](O)[C@H](O)C2O)[C@@H]1O. The molecule has 118 heavy (non-hydrogen) atoms. The monoisotopic (exact) mass is 1730 g/mol. The smallest absolute Gasteiger partial charge is 0.364 e. The van der Waals surface area contributed by atoms with E-state index in [0.29, 0.717) is 0 Å². The highest BCUT2D eigenvalue weighted by molar-refractivity contribution is 5.77. The van der Waals surface area contributed by atoms with Gasteiger partial charge in [0.1, 0.15) is 213 Å². The van der Waals surface area contributed by atoms with Crippen LogP contribution in [0.3, 0.4) is 0 Å². The summed E-state index contributed by atoms with van der Waals surface area (Å²) in [4.78, 5) is 63.4. The maximum atomic E-state index is 13.1. The van der Waals surface area contributed by atoms with Crippen molar-refractivity contribution < 1.29 is 242 Å². The number of rotatable bonds is 32. The van der Waals surface area contributed by atoms with Gasteiger partial charge in [0.05, 0.1) is 71.6 Å². The fourth-order valence-electron chi connectivity index (χ4n) is 15.0. The lowest BCUT2D eigenvalue weighted by atomic mass is 9.88. The summed E-state index contributed by atoms with van der Waals surface area (Å²) >= 11 is 0. The number of aliphatic hydroxyl groups excluding tert-OH is 26. The Kier molecular flexibility index (Phi) is 34.7. The van der Waals surface area contributed by atoms with Crippen molar-refractivity contribution in [1.82, 2.24) is 21.3 Å². The Morgan fingerprint density at radius 1 is 0.347 bits per heavy atom. The molecule has 31 N–H and O–H groups in total. The first-order valence-corrected chi connectivity index (χ1v) is 37.3. The van der Waals surface area contributed by atoms with Gasteiger partial charge in [0.15, 0.2) is 50.3 Å². The van der Waals surface area contributed by atoms with Gasteiger partial charge in [-0.1, -0.05) is 0 Å². The Hall–Kier alpha value is -4.37. The molecular weight excluding hydrogens is 1620 g/mol. The lowest BCUT2D eigenvalue weighted by Crippen LogP contribution is -2.70. The predicted molar refractivity (Wildman–Crippen MR) is 361 cm³/mol. The van der Waals surface area contributed by atoms with Crippen LogP contribution in [-0.4, -0.2) is 509 Å². The predicted octanol–water partition coefficient (Wildman–Crippen LogP) is -20.8. The first-order valence-electron chi connectivity index (χ1n) is 37.3. The summed E-state index contributed by atoms with van der Waals surface area (Å²) in [6, 6.07) is -7.42. The topological polar surface area (TPSA) is 837 Å². The average molecular weight is 1730 g/mol. The van der Waals surface area contributed by atoms with Crippen LogP contribution in [0.15, 0.2) is 0 Å². The van der Waals surface area contributed by atoms with Crippen molar-refractivity contribution in [3.05, 3.63) is 0 Å². The number of carboxylic acids is 1. The normalized spacial score (nSPS) is 47.6. The molecule has 0 radical (unpaired) electrons. The number of aliphatic carboxylic acids is 1. The summed E-state index contributed by atoms with van der Waals surface area (Å²) in [5, 5.41) is 308. The van der Waals surface area contributed by atoms with E-state index in [-0.39, 0.29) is 0 Å². The second-order valence-corrected chi connectivity index (χ2v) is 29.6. The van der Waals surface area contributed by atoms with Crippen LogP contribution in [0.4, 0.5) is 0 Å². The summed E-state index contributed by atoms with van der Waals surface area (Å²) in [6.07, 6.45) is -89.1. The quantitative estimate of drug-likeness (QED) is 0.0297. The van der Waals surface area contributed by atoms with Gasteiger partial charge in [-0.2, -0.15) is 0 Å². The van der Waals surface area contributed by atoms with E-state index in [0.717, 1.165) is 27.7 Å². The number of nitrogens with one attached hydrogen (secondary N) is 4. The molecule has 53 heteroatoms. The van der Waals surface area contributed by atoms with Crippen molar-refractivity contribution in [2.75, 3.05) is 59.5 Å². The lowest BCUT2D eigenvalue weighted by Gasteiger charge is -2.51. The number of hydrogen-bond acceptors (Lipinski definition) is 48.